The fourth-order valence-electron chi connectivity index (χ4n) is 3.13. The van der Waals surface area contributed by atoms with Gasteiger partial charge in [-0.3, -0.25) is 4.79 Å². The highest BCUT2D eigenvalue weighted by atomic mass is 32.2. The monoisotopic (exact) mass is 391 g/mol. The molecule has 0 spiro atoms. The summed E-state index contributed by atoms with van der Waals surface area (Å²) in [4.78, 5) is 18.4. The summed E-state index contributed by atoms with van der Waals surface area (Å²) in [7, 11) is -3.49. The van der Waals surface area contributed by atoms with E-state index in [0.29, 0.717) is 11.5 Å². The third-order valence-electron chi connectivity index (χ3n) is 4.88. The Bertz CT molecular complexity index is 901. The minimum atomic E-state index is -3.49. The van der Waals surface area contributed by atoms with Gasteiger partial charge in [0.2, 0.25) is 10.0 Å². The molecular weight excluding hydrogens is 370 g/mol. The van der Waals surface area contributed by atoms with Gasteiger partial charge in [-0.1, -0.05) is 18.2 Å². The molecule has 6 nitrogen and oxygen atoms in total. The van der Waals surface area contributed by atoms with Gasteiger partial charge in [0.15, 0.2) is 0 Å². The maximum absolute atomic E-state index is 12.8. The summed E-state index contributed by atoms with van der Waals surface area (Å²) in [5.74, 6) is 0.212. The molecule has 26 heavy (non-hydrogen) atoms. The van der Waals surface area contributed by atoms with Crippen molar-refractivity contribution in [2.75, 3.05) is 13.1 Å². The third kappa shape index (κ3) is 3.54. The number of nitrogens with one attached hydrogen (secondary N) is 1. The number of carbonyl (C=O) groups is 1. The number of sulfonamides is 1. The number of rotatable bonds is 6. The van der Waals surface area contributed by atoms with Crippen LogP contribution in [0.1, 0.15) is 39.9 Å². The van der Waals surface area contributed by atoms with Gasteiger partial charge >= 0.3 is 0 Å². The van der Waals surface area contributed by atoms with Crippen molar-refractivity contribution in [3.8, 4) is 0 Å². The number of likely N-dealkylation sites (tertiary alicyclic amines) is 1. The maximum atomic E-state index is 12.8. The number of amides is 1. The highest BCUT2D eigenvalue weighted by Gasteiger charge is 2.44. The van der Waals surface area contributed by atoms with Gasteiger partial charge in [0.05, 0.1) is 6.04 Å². The molecule has 1 atom stereocenters. The first-order valence-corrected chi connectivity index (χ1v) is 11.1. The van der Waals surface area contributed by atoms with Gasteiger partial charge in [0.1, 0.15) is 10.3 Å². The summed E-state index contributed by atoms with van der Waals surface area (Å²) in [5, 5.41) is 2.23. The number of hydrogen-bond acceptors (Lipinski definition) is 5. The number of thiazole rings is 1. The van der Waals surface area contributed by atoms with Crippen molar-refractivity contribution in [2.45, 2.75) is 31.1 Å². The number of carbonyl (C=O) groups excluding carboxylic acids is 1. The minimum absolute atomic E-state index is 0.119. The number of aryl methyl sites for hydroxylation is 1. The van der Waals surface area contributed by atoms with E-state index >= 15 is 0 Å². The molecule has 138 valence electrons. The van der Waals surface area contributed by atoms with E-state index < -0.39 is 15.3 Å². The first-order chi connectivity index (χ1) is 12.4. The molecular formula is C18H21N3O3S2. The molecule has 2 aromatic rings. The zero-order valence-electron chi connectivity index (χ0n) is 14.5. The fraction of sp³-hybridized carbons (Fsp3) is 0.444. The SMILES string of the molecule is Cc1csc(C(NS(=O)(=O)C2CN(C(=O)c3ccccc3)C2)C2CC2)n1. The Kier molecular flexibility index (Phi) is 4.58. The van der Waals surface area contributed by atoms with Crippen LogP contribution in [0, 0.1) is 12.8 Å². The van der Waals surface area contributed by atoms with Crippen LogP contribution in [0.25, 0.3) is 0 Å². The zero-order valence-corrected chi connectivity index (χ0v) is 16.1. The second-order valence-electron chi connectivity index (χ2n) is 7.00. The summed E-state index contributed by atoms with van der Waals surface area (Å²) < 4.78 is 28.4. The lowest BCUT2D eigenvalue weighted by molar-refractivity contribution is 0.0658. The maximum Gasteiger partial charge on any atom is 0.253 e. The quantitative estimate of drug-likeness (QED) is 0.820. The number of aromatic nitrogens is 1. The second-order valence-corrected chi connectivity index (χ2v) is 9.89. The van der Waals surface area contributed by atoms with Crippen molar-refractivity contribution in [1.82, 2.24) is 14.6 Å². The van der Waals surface area contributed by atoms with Crippen LogP contribution in [-0.2, 0) is 10.0 Å². The van der Waals surface area contributed by atoms with E-state index in [4.69, 9.17) is 0 Å². The van der Waals surface area contributed by atoms with E-state index in [-0.39, 0.29) is 25.0 Å². The Balaban J connectivity index is 1.41. The fourth-order valence-corrected chi connectivity index (χ4v) is 5.75. The highest BCUT2D eigenvalue weighted by Crippen LogP contribution is 2.42. The van der Waals surface area contributed by atoms with Gasteiger partial charge in [0.25, 0.3) is 5.91 Å². The Morgan fingerprint density at radius 3 is 2.54 bits per heavy atom. The van der Waals surface area contributed by atoms with E-state index in [1.807, 2.05) is 18.4 Å². The predicted molar refractivity (Wildman–Crippen MR) is 101 cm³/mol. The average Bonchev–Trinajstić information content (AvgIpc) is 3.33. The highest BCUT2D eigenvalue weighted by molar-refractivity contribution is 7.90. The third-order valence-corrected chi connectivity index (χ3v) is 7.69. The van der Waals surface area contributed by atoms with E-state index in [0.717, 1.165) is 23.5 Å². The van der Waals surface area contributed by atoms with Crippen molar-refractivity contribution in [1.29, 1.82) is 0 Å². The van der Waals surface area contributed by atoms with Crippen molar-refractivity contribution < 1.29 is 13.2 Å². The van der Waals surface area contributed by atoms with Gasteiger partial charge in [-0.25, -0.2) is 18.1 Å². The number of nitrogens with zero attached hydrogens (tertiary/aromatic N) is 2. The average molecular weight is 392 g/mol. The largest absolute Gasteiger partial charge is 0.336 e. The Morgan fingerprint density at radius 1 is 1.27 bits per heavy atom. The summed E-state index contributed by atoms with van der Waals surface area (Å²) in [5.41, 5.74) is 1.50. The lowest BCUT2D eigenvalue weighted by Gasteiger charge is -2.39. The van der Waals surface area contributed by atoms with Crippen molar-refractivity contribution in [3.05, 3.63) is 52.0 Å². The predicted octanol–water partition coefficient (Wildman–Crippen LogP) is 2.35. The number of hydrogen-bond donors (Lipinski definition) is 1. The van der Waals surface area contributed by atoms with Crippen molar-refractivity contribution in [3.63, 3.8) is 0 Å². The molecule has 1 aliphatic heterocycles. The van der Waals surface area contributed by atoms with Crippen LogP contribution in [0.2, 0.25) is 0 Å². The summed E-state index contributed by atoms with van der Waals surface area (Å²) >= 11 is 1.50. The lowest BCUT2D eigenvalue weighted by atomic mass is 10.1. The van der Waals surface area contributed by atoms with Gasteiger partial charge in [0, 0.05) is 29.7 Å². The standard InChI is InChI=1S/C18H21N3O3S2/c1-12-11-25-17(19-12)16(13-7-8-13)20-26(23,24)15-9-21(10-15)18(22)14-5-3-2-4-6-14/h2-6,11,13,15-16,20H,7-10H2,1H3. The molecule has 0 radical (unpaired) electrons. The Hall–Kier alpha value is -1.77. The van der Waals surface area contributed by atoms with Gasteiger partial charge in [-0.2, -0.15) is 0 Å². The van der Waals surface area contributed by atoms with Gasteiger partial charge < -0.3 is 4.90 Å². The second kappa shape index (κ2) is 6.75. The molecule has 4 rings (SSSR count). The molecule has 2 heterocycles. The van der Waals surface area contributed by atoms with Crippen LogP contribution in [-0.4, -0.2) is 42.5 Å². The van der Waals surface area contributed by atoms with Crippen molar-refractivity contribution >= 4 is 27.3 Å². The summed E-state index contributed by atoms with van der Waals surface area (Å²) in [6, 6.07) is 8.71. The molecule has 1 aromatic carbocycles. The Morgan fingerprint density at radius 2 is 1.96 bits per heavy atom. The normalized spacial score (nSPS) is 19.2. The molecule has 1 amide bonds. The van der Waals surface area contributed by atoms with E-state index in [9.17, 15) is 13.2 Å². The first kappa shape index (κ1) is 17.6. The van der Waals surface area contributed by atoms with E-state index in [1.54, 1.807) is 29.2 Å². The van der Waals surface area contributed by atoms with Crippen LogP contribution in [0.4, 0.5) is 0 Å². The number of benzene rings is 1. The Labute approximate surface area is 157 Å². The molecule has 1 aliphatic carbocycles. The van der Waals surface area contributed by atoms with Crippen LogP contribution >= 0.6 is 11.3 Å². The summed E-state index contributed by atoms with van der Waals surface area (Å²) in [6.45, 7) is 2.38. The first-order valence-electron chi connectivity index (χ1n) is 8.71. The minimum Gasteiger partial charge on any atom is -0.336 e. The summed E-state index contributed by atoms with van der Waals surface area (Å²) in [6.07, 6.45) is 2.05. The molecule has 2 aliphatic rings. The van der Waals surface area contributed by atoms with E-state index in [2.05, 4.69) is 9.71 Å². The molecule has 1 aromatic heterocycles. The van der Waals surface area contributed by atoms with Gasteiger partial charge in [-0.15, -0.1) is 11.3 Å². The zero-order chi connectivity index (χ0) is 18.3. The lowest BCUT2D eigenvalue weighted by Crippen LogP contribution is -2.59. The molecule has 2 fully saturated rings. The van der Waals surface area contributed by atoms with Gasteiger partial charge in [-0.05, 0) is 37.8 Å². The van der Waals surface area contributed by atoms with Crippen molar-refractivity contribution in [2.24, 2.45) is 5.92 Å². The molecule has 1 N–H and O–H groups in total. The topological polar surface area (TPSA) is 79.4 Å². The molecule has 1 saturated carbocycles. The smallest absolute Gasteiger partial charge is 0.253 e. The molecule has 0 bridgehead atoms. The van der Waals surface area contributed by atoms with Crippen LogP contribution in [0.5, 0.6) is 0 Å². The molecule has 8 heteroatoms. The van der Waals surface area contributed by atoms with Crippen LogP contribution in [0.15, 0.2) is 35.7 Å². The molecule has 1 saturated heterocycles. The van der Waals surface area contributed by atoms with E-state index in [1.165, 1.54) is 11.3 Å². The van der Waals surface area contributed by atoms with Crippen LogP contribution in [0.3, 0.4) is 0 Å². The van der Waals surface area contributed by atoms with Crippen LogP contribution < -0.4 is 4.72 Å². The molecule has 1 unspecified atom stereocenters.